The van der Waals surface area contributed by atoms with Gasteiger partial charge in [0.05, 0.1) is 12.1 Å². The Labute approximate surface area is 197 Å². The number of carbonyl (C=O) groups excluding carboxylic acids is 1. The second-order valence-corrected chi connectivity index (χ2v) is 11.7. The van der Waals surface area contributed by atoms with Gasteiger partial charge in [0.15, 0.2) is 5.78 Å². The van der Waals surface area contributed by atoms with Crippen molar-refractivity contribution in [1.29, 1.82) is 0 Å². The van der Waals surface area contributed by atoms with Crippen molar-refractivity contribution in [2.75, 3.05) is 6.54 Å². The summed E-state index contributed by atoms with van der Waals surface area (Å²) in [7, 11) is 0. The summed E-state index contributed by atoms with van der Waals surface area (Å²) >= 11 is 0. The quantitative estimate of drug-likeness (QED) is 0.585. The van der Waals surface area contributed by atoms with E-state index in [0.717, 1.165) is 60.9 Å². The second-order valence-electron chi connectivity index (χ2n) is 11.7. The highest BCUT2D eigenvalue weighted by atomic mass is 19.1. The Kier molecular flexibility index (Phi) is 6.37. The molecule has 2 unspecified atom stereocenters. The lowest BCUT2D eigenvalue weighted by molar-refractivity contribution is -0.129. The molecule has 3 aliphatic rings. The molecule has 5 heteroatoms. The third-order valence-corrected chi connectivity index (χ3v) is 9.88. The van der Waals surface area contributed by atoms with E-state index in [4.69, 9.17) is 5.73 Å². The van der Waals surface area contributed by atoms with Crippen LogP contribution in [0.25, 0.3) is 10.9 Å². The molecule has 0 amide bonds. The lowest BCUT2D eigenvalue weighted by Crippen LogP contribution is -2.46. The fourth-order valence-electron chi connectivity index (χ4n) is 8.15. The van der Waals surface area contributed by atoms with Crippen LogP contribution in [0.15, 0.2) is 24.4 Å². The van der Waals surface area contributed by atoms with Crippen LogP contribution in [-0.4, -0.2) is 22.1 Å². The number of halogens is 1. The van der Waals surface area contributed by atoms with Gasteiger partial charge in [-0.25, -0.2) is 4.39 Å². The first kappa shape index (κ1) is 23.0. The molecule has 3 fully saturated rings. The van der Waals surface area contributed by atoms with E-state index >= 15 is 0 Å². The summed E-state index contributed by atoms with van der Waals surface area (Å²) in [5.74, 6) is 3.93. The topological polar surface area (TPSA) is 60.9 Å². The van der Waals surface area contributed by atoms with E-state index < -0.39 is 0 Å². The van der Waals surface area contributed by atoms with Crippen LogP contribution in [0.4, 0.5) is 4.39 Å². The van der Waals surface area contributed by atoms with Gasteiger partial charge in [0.25, 0.3) is 0 Å². The fourth-order valence-corrected chi connectivity index (χ4v) is 8.15. The van der Waals surface area contributed by atoms with E-state index in [-0.39, 0.29) is 23.7 Å². The van der Waals surface area contributed by atoms with Gasteiger partial charge in [-0.15, -0.1) is 0 Å². The predicted octanol–water partition coefficient (Wildman–Crippen LogP) is 5.98. The highest BCUT2D eigenvalue weighted by Gasteiger charge is 2.56. The first-order valence-corrected chi connectivity index (χ1v) is 13.2. The van der Waals surface area contributed by atoms with Gasteiger partial charge in [-0.2, -0.15) is 5.10 Å². The molecule has 5 atom stereocenters. The zero-order valence-corrected chi connectivity index (χ0v) is 20.3. The summed E-state index contributed by atoms with van der Waals surface area (Å²) in [5, 5.41) is 5.28. The molecule has 3 aliphatic carbocycles. The van der Waals surface area contributed by atoms with Crippen molar-refractivity contribution in [1.82, 2.24) is 9.78 Å². The summed E-state index contributed by atoms with van der Waals surface area (Å²) in [6, 6.07) is 4.59. The van der Waals surface area contributed by atoms with Crippen molar-refractivity contribution in [2.24, 2.45) is 46.7 Å². The molecule has 180 valence electrons. The van der Waals surface area contributed by atoms with E-state index in [9.17, 15) is 9.18 Å². The van der Waals surface area contributed by atoms with Crippen LogP contribution in [0, 0.1) is 46.7 Å². The minimum Gasteiger partial charge on any atom is -0.330 e. The average Bonchev–Trinajstić information content (AvgIpc) is 3.34. The van der Waals surface area contributed by atoms with E-state index in [1.807, 2.05) is 6.20 Å². The van der Waals surface area contributed by atoms with E-state index in [2.05, 4.69) is 18.9 Å². The minimum atomic E-state index is -0.269. The number of ketones is 1. The van der Waals surface area contributed by atoms with Gasteiger partial charge >= 0.3 is 0 Å². The van der Waals surface area contributed by atoms with E-state index in [0.29, 0.717) is 17.6 Å². The number of hydrogen-bond donors (Lipinski definition) is 1. The van der Waals surface area contributed by atoms with Crippen molar-refractivity contribution in [2.45, 2.75) is 78.2 Å². The molecular formula is C28H40FN3O. The molecule has 4 nitrogen and oxygen atoms in total. The summed E-state index contributed by atoms with van der Waals surface area (Å²) in [6.07, 6.45) is 13.0. The highest BCUT2D eigenvalue weighted by Crippen LogP contribution is 2.61. The third kappa shape index (κ3) is 4.26. The molecule has 0 radical (unpaired) electrons. The van der Waals surface area contributed by atoms with Crippen LogP contribution in [0.5, 0.6) is 0 Å². The van der Waals surface area contributed by atoms with Gasteiger partial charge in [-0.1, -0.05) is 26.7 Å². The monoisotopic (exact) mass is 453 g/mol. The number of carbonyl (C=O) groups is 1. The van der Waals surface area contributed by atoms with Crippen LogP contribution >= 0.6 is 0 Å². The summed E-state index contributed by atoms with van der Waals surface area (Å²) < 4.78 is 15.3. The normalized spacial score (nSPS) is 36.7. The van der Waals surface area contributed by atoms with Gasteiger partial charge in [-0.05, 0) is 105 Å². The number of nitrogens with two attached hydrogens (primary N) is 1. The first-order chi connectivity index (χ1) is 15.9. The highest BCUT2D eigenvalue weighted by molar-refractivity contribution is 5.83. The lowest BCUT2D eigenvalue weighted by atomic mass is 9.53. The maximum atomic E-state index is 13.6. The maximum Gasteiger partial charge on any atom is 0.157 e. The number of rotatable bonds is 6. The number of benzene rings is 1. The molecule has 2 aromatic rings. The molecule has 1 aromatic carbocycles. The molecule has 33 heavy (non-hydrogen) atoms. The van der Waals surface area contributed by atoms with Crippen LogP contribution < -0.4 is 5.73 Å². The maximum absolute atomic E-state index is 13.6. The molecule has 0 saturated heterocycles. The molecule has 1 aromatic heterocycles. The van der Waals surface area contributed by atoms with Crippen molar-refractivity contribution in [3.05, 3.63) is 30.2 Å². The molecule has 3 saturated carbocycles. The standard InChI is InChI=1S/C28H40FN3O/c1-18-3-5-19(6-4-18)22-11-13-28(2)24(23(22)12-14-30)8-9-25(28)27(33)17-32-16-20-15-21(29)7-10-26(20)31-32/h7,10,15-16,18-19,22-25H,3-6,8-9,11-14,17,30H2,1-2H3/t18-,19-,22?,23-,24?,25-,28+/m1/s1. The first-order valence-electron chi connectivity index (χ1n) is 13.2. The van der Waals surface area contributed by atoms with Crippen LogP contribution in [0.1, 0.15) is 71.6 Å². The Balaban J connectivity index is 1.32. The predicted molar refractivity (Wildman–Crippen MR) is 130 cm³/mol. The van der Waals surface area contributed by atoms with Crippen LogP contribution in [0.2, 0.25) is 0 Å². The van der Waals surface area contributed by atoms with E-state index in [1.165, 1.54) is 44.2 Å². The van der Waals surface area contributed by atoms with E-state index in [1.54, 1.807) is 10.7 Å². The number of aromatic nitrogens is 2. The third-order valence-electron chi connectivity index (χ3n) is 9.88. The number of Topliss-reactive ketones (excluding diaryl/α,β-unsaturated/α-hetero) is 1. The number of nitrogens with zero attached hydrogens (tertiary/aromatic N) is 2. The molecule has 5 rings (SSSR count). The Morgan fingerprint density at radius 2 is 1.97 bits per heavy atom. The number of fused-ring (bicyclic) bond motifs is 2. The van der Waals surface area contributed by atoms with Crippen LogP contribution in [-0.2, 0) is 11.3 Å². The Morgan fingerprint density at radius 1 is 1.18 bits per heavy atom. The fraction of sp³-hybridized carbons (Fsp3) is 0.714. The zero-order valence-electron chi connectivity index (χ0n) is 20.3. The van der Waals surface area contributed by atoms with Crippen LogP contribution in [0.3, 0.4) is 0 Å². The van der Waals surface area contributed by atoms with Crippen molar-refractivity contribution in [3.8, 4) is 0 Å². The smallest absolute Gasteiger partial charge is 0.157 e. The summed E-state index contributed by atoms with van der Waals surface area (Å²) in [4.78, 5) is 13.5. The minimum absolute atomic E-state index is 0.0774. The van der Waals surface area contributed by atoms with Gasteiger partial charge in [0.1, 0.15) is 5.82 Å². The van der Waals surface area contributed by atoms with Gasteiger partial charge in [-0.3, -0.25) is 9.48 Å². The second kappa shape index (κ2) is 9.13. The molecule has 0 spiro atoms. The molecule has 2 N–H and O–H groups in total. The summed E-state index contributed by atoms with van der Waals surface area (Å²) in [5.41, 5.74) is 6.96. The molecule has 0 bridgehead atoms. The zero-order chi connectivity index (χ0) is 23.2. The largest absolute Gasteiger partial charge is 0.330 e. The Morgan fingerprint density at radius 3 is 2.73 bits per heavy atom. The Bertz CT molecular complexity index is 994. The Hall–Kier alpha value is -1.75. The number of hydrogen-bond acceptors (Lipinski definition) is 3. The van der Waals surface area contributed by atoms with Gasteiger partial charge in [0, 0.05) is 17.5 Å². The van der Waals surface area contributed by atoms with Gasteiger partial charge < -0.3 is 5.73 Å². The lowest BCUT2D eigenvalue weighted by Gasteiger charge is -2.51. The van der Waals surface area contributed by atoms with Crippen molar-refractivity contribution in [3.63, 3.8) is 0 Å². The summed E-state index contributed by atoms with van der Waals surface area (Å²) in [6.45, 7) is 5.84. The molecular weight excluding hydrogens is 413 g/mol. The van der Waals surface area contributed by atoms with Crippen molar-refractivity contribution < 1.29 is 9.18 Å². The molecule has 0 aliphatic heterocycles. The van der Waals surface area contributed by atoms with Gasteiger partial charge in [0.2, 0.25) is 0 Å². The molecule has 1 heterocycles. The average molecular weight is 454 g/mol. The van der Waals surface area contributed by atoms with Crippen molar-refractivity contribution >= 4 is 16.7 Å². The SMILES string of the molecule is C[C@]12CCC([C@H]3CC[C@H](C)CC3)[C@@H](CCN)C1CC[C@@H]2C(=O)Cn1cc2cc(F)ccc2n1.